The van der Waals surface area contributed by atoms with E-state index in [0.717, 1.165) is 27.8 Å². The third-order valence-corrected chi connectivity index (χ3v) is 6.80. The maximum Gasteiger partial charge on any atom is 0.408 e. The van der Waals surface area contributed by atoms with Crippen molar-refractivity contribution in [2.24, 2.45) is 0 Å². The van der Waals surface area contributed by atoms with Crippen molar-refractivity contribution in [3.63, 3.8) is 0 Å². The Bertz CT molecular complexity index is 1250. The van der Waals surface area contributed by atoms with Gasteiger partial charge in [-0.15, -0.1) is 0 Å². The monoisotopic (exact) mass is 518 g/mol. The number of carbonyl (C=O) groups excluding carboxylic acids is 3. The standard InChI is InChI=1S/C29H34N4O5/c1-28(2,3)38-27(36)32-29(11-13-37-14-12-29)26(35)31-23(17-30)15-19-5-7-20(8-6-19)21-9-10-24-22(16-21)18-33(4)25(24)34/h5-10,16,23H,11-15,18H2,1-4H3,(H,31,35)(H,32,36). The van der Waals surface area contributed by atoms with Gasteiger partial charge in [0, 0.05) is 51.6 Å². The van der Waals surface area contributed by atoms with E-state index >= 15 is 0 Å². The summed E-state index contributed by atoms with van der Waals surface area (Å²) in [6.07, 6.45) is 0.201. The number of nitriles is 1. The summed E-state index contributed by atoms with van der Waals surface area (Å²) in [6, 6.07) is 15.0. The van der Waals surface area contributed by atoms with Crippen molar-refractivity contribution in [2.75, 3.05) is 20.3 Å². The largest absolute Gasteiger partial charge is 0.444 e. The zero-order valence-electron chi connectivity index (χ0n) is 22.3. The number of nitrogens with zero attached hydrogens (tertiary/aromatic N) is 2. The minimum Gasteiger partial charge on any atom is -0.444 e. The first-order valence-electron chi connectivity index (χ1n) is 12.8. The van der Waals surface area contributed by atoms with E-state index in [1.54, 1.807) is 32.7 Å². The summed E-state index contributed by atoms with van der Waals surface area (Å²) in [4.78, 5) is 39.7. The smallest absolute Gasteiger partial charge is 0.408 e. The van der Waals surface area contributed by atoms with E-state index in [2.05, 4.69) is 16.7 Å². The molecule has 1 unspecified atom stereocenters. The lowest BCUT2D eigenvalue weighted by Crippen LogP contribution is -2.63. The first-order valence-corrected chi connectivity index (χ1v) is 12.8. The topological polar surface area (TPSA) is 121 Å². The highest BCUT2D eigenvalue weighted by Crippen LogP contribution is 2.28. The second kappa shape index (κ2) is 10.8. The van der Waals surface area contributed by atoms with Gasteiger partial charge in [-0.05, 0) is 55.2 Å². The van der Waals surface area contributed by atoms with Crippen LogP contribution in [0.4, 0.5) is 4.79 Å². The third-order valence-electron chi connectivity index (χ3n) is 6.80. The van der Waals surface area contributed by atoms with Crippen LogP contribution in [0.25, 0.3) is 11.1 Å². The van der Waals surface area contributed by atoms with Crippen molar-refractivity contribution < 1.29 is 23.9 Å². The Balaban J connectivity index is 1.42. The molecule has 38 heavy (non-hydrogen) atoms. The number of hydrogen-bond acceptors (Lipinski definition) is 6. The van der Waals surface area contributed by atoms with Gasteiger partial charge in [-0.2, -0.15) is 5.26 Å². The molecule has 9 nitrogen and oxygen atoms in total. The number of hydrogen-bond donors (Lipinski definition) is 2. The predicted molar refractivity (Wildman–Crippen MR) is 141 cm³/mol. The summed E-state index contributed by atoms with van der Waals surface area (Å²) in [7, 11) is 1.79. The van der Waals surface area contributed by atoms with Crippen molar-refractivity contribution in [2.45, 2.75) is 63.8 Å². The van der Waals surface area contributed by atoms with E-state index in [9.17, 15) is 19.6 Å². The van der Waals surface area contributed by atoms with Gasteiger partial charge in [0.05, 0.1) is 6.07 Å². The molecule has 1 atom stereocenters. The van der Waals surface area contributed by atoms with Crippen molar-refractivity contribution in [1.29, 1.82) is 5.26 Å². The number of alkyl carbamates (subject to hydrolysis) is 1. The van der Waals surface area contributed by atoms with Crippen LogP contribution >= 0.6 is 0 Å². The Morgan fingerprint density at radius 2 is 1.79 bits per heavy atom. The summed E-state index contributed by atoms with van der Waals surface area (Å²) in [5.74, 6) is -0.386. The molecular formula is C29H34N4O5. The van der Waals surface area contributed by atoms with Gasteiger partial charge >= 0.3 is 6.09 Å². The van der Waals surface area contributed by atoms with Gasteiger partial charge in [-0.25, -0.2) is 4.79 Å². The second-order valence-electron chi connectivity index (χ2n) is 10.9. The van der Waals surface area contributed by atoms with E-state index in [1.807, 2.05) is 42.5 Å². The van der Waals surface area contributed by atoms with Gasteiger partial charge in [0.1, 0.15) is 17.2 Å². The third kappa shape index (κ3) is 6.14. The first kappa shape index (κ1) is 27.1. The van der Waals surface area contributed by atoms with Gasteiger partial charge in [0.25, 0.3) is 5.91 Å². The van der Waals surface area contributed by atoms with E-state index in [4.69, 9.17) is 9.47 Å². The molecule has 0 aromatic heterocycles. The summed E-state index contributed by atoms with van der Waals surface area (Å²) in [5, 5.41) is 15.3. The number of carbonyl (C=O) groups is 3. The molecule has 2 aromatic carbocycles. The highest BCUT2D eigenvalue weighted by atomic mass is 16.6. The molecule has 2 aromatic rings. The van der Waals surface area contributed by atoms with Crippen LogP contribution < -0.4 is 10.6 Å². The lowest BCUT2D eigenvalue weighted by Gasteiger charge is -2.37. The molecule has 2 heterocycles. The van der Waals surface area contributed by atoms with Gasteiger partial charge in [-0.3, -0.25) is 9.59 Å². The summed E-state index contributed by atoms with van der Waals surface area (Å²) >= 11 is 0. The maximum absolute atomic E-state index is 13.3. The second-order valence-corrected chi connectivity index (χ2v) is 10.9. The average Bonchev–Trinajstić information content (AvgIpc) is 3.15. The number of ether oxygens (including phenoxy) is 2. The van der Waals surface area contributed by atoms with Crippen LogP contribution in [0.15, 0.2) is 42.5 Å². The van der Waals surface area contributed by atoms with Crippen LogP contribution in [0, 0.1) is 11.3 Å². The van der Waals surface area contributed by atoms with Crippen LogP contribution in [0.1, 0.15) is 55.1 Å². The minimum atomic E-state index is -1.21. The maximum atomic E-state index is 13.3. The number of amides is 3. The van der Waals surface area contributed by atoms with Gasteiger partial charge in [0.2, 0.25) is 5.91 Å². The highest BCUT2D eigenvalue weighted by Gasteiger charge is 2.43. The van der Waals surface area contributed by atoms with Crippen molar-refractivity contribution in [3.8, 4) is 17.2 Å². The van der Waals surface area contributed by atoms with Crippen LogP contribution in [0.2, 0.25) is 0 Å². The normalized spacial score (nSPS) is 17.2. The average molecular weight is 519 g/mol. The lowest BCUT2D eigenvalue weighted by molar-refractivity contribution is -0.132. The SMILES string of the molecule is CN1Cc2cc(-c3ccc(CC(C#N)NC(=O)C4(NC(=O)OC(C)(C)C)CCOCC4)cc3)ccc2C1=O. The molecular weight excluding hydrogens is 484 g/mol. The Morgan fingerprint density at radius 3 is 2.42 bits per heavy atom. The zero-order chi connectivity index (χ0) is 27.5. The molecule has 3 amide bonds. The summed E-state index contributed by atoms with van der Waals surface area (Å²) in [6.45, 7) is 6.49. The fourth-order valence-electron chi connectivity index (χ4n) is 4.77. The van der Waals surface area contributed by atoms with Crippen LogP contribution in [0.5, 0.6) is 0 Å². The van der Waals surface area contributed by atoms with Crippen LogP contribution in [-0.2, 0) is 27.2 Å². The Morgan fingerprint density at radius 1 is 1.13 bits per heavy atom. The van der Waals surface area contributed by atoms with Gasteiger partial charge in [-0.1, -0.05) is 30.3 Å². The molecule has 2 aliphatic rings. The molecule has 0 spiro atoms. The molecule has 4 rings (SSSR count). The first-order chi connectivity index (χ1) is 18.0. The number of nitrogens with one attached hydrogen (secondary N) is 2. The lowest BCUT2D eigenvalue weighted by atomic mass is 9.88. The number of fused-ring (bicyclic) bond motifs is 1. The fourth-order valence-corrected chi connectivity index (χ4v) is 4.77. The molecule has 1 fully saturated rings. The molecule has 0 bridgehead atoms. The molecule has 2 aliphatic heterocycles. The highest BCUT2D eigenvalue weighted by molar-refractivity contribution is 5.98. The van der Waals surface area contributed by atoms with E-state index in [-0.39, 0.29) is 18.7 Å². The van der Waals surface area contributed by atoms with Gasteiger partial charge < -0.3 is 25.0 Å². The zero-order valence-corrected chi connectivity index (χ0v) is 22.3. The van der Waals surface area contributed by atoms with Crippen molar-refractivity contribution in [3.05, 3.63) is 59.2 Å². The molecule has 0 aliphatic carbocycles. The Hall–Kier alpha value is -3.90. The minimum absolute atomic E-state index is 0.0373. The van der Waals surface area contributed by atoms with Crippen molar-refractivity contribution in [1.82, 2.24) is 15.5 Å². The Labute approximate surface area is 223 Å². The Kier molecular flexibility index (Phi) is 7.74. The quantitative estimate of drug-likeness (QED) is 0.603. The molecule has 9 heteroatoms. The number of benzene rings is 2. The van der Waals surface area contributed by atoms with Gasteiger partial charge in [0.15, 0.2) is 0 Å². The molecule has 0 radical (unpaired) electrons. The van der Waals surface area contributed by atoms with Crippen molar-refractivity contribution >= 4 is 17.9 Å². The molecule has 2 N–H and O–H groups in total. The van der Waals surface area contributed by atoms with Crippen LogP contribution in [0.3, 0.4) is 0 Å². The van der Waals surface area contributed by atoms with Crippen LogP contribution in [-0.4, -0.2) is 60.3 Å². The predicted octanol–water partition coefficient (Wildman–Crippen LogP) is 3.56. The molecule has 200 valence electrons. The summed E-state index contributed by atoms with van der Waals surface area (Å²) < 4.78 is 10.8. The molecule has 1 saturated heterocycles. The van der Waals surface area contributed by atoms with E-state index in [0.29, 0.717) is 26.2 Å². The van der Waals surface area contributed by atoms with E-state index < -0.39 is 29.2 Å². The number of rotatable bonds is 6. The molecule has 0 saturated carbocycles. The fraction of sp³-hybridized carbons (Fsp3) is 0.448. The van der Waals surface area contributed by atoms with E-state index in [1.165, 1.54) is 0 Å². The summed E-state index contributed by atoms with van der Waals surface area (Å²) in [5.41, 5.74) is 2.73.